The Labute approximate surface area is 100 Å². The number of hydrogen-bond acceptors (Lipinski definition) is 3. The average molecular weight is 230 g/mol. The maximum atomic E-state index is 10.3. The number of benzene rings is 1. The Morgan fingerprint density at radius 2 is 2.35 bits per heavy atom. The third-order valence-corrected chi connectivity index (χ3v) is 2.19. The van der Waals surface area contributed by atoms with Crippen molar-refractivity contribution in [3.63, 3.8) is 0 Å². The van der Waals surface area contributed by atoms with Crippen LogP contribution in [0.3, 0.4) is 0 Å². The number of hydrogen-bond donors (Lipinski definition) is 1. The highest BCUT2D eigenvalue weighted by atomic mass is 16.4. The summed E-state index contributed by atoms with van der Waals surface area (Å²) >= 11 is 0. The number of carbonyl (C=O) groups is 1. The molecule has 0 aliphatic heterocycles. The Morgan fingerprint density at radius 1 is 1.59 bits per heavy atom. The van der Waals surface area contributed by atoms with Gasteiger partial charge in [-0.3, -0.25) is 4.90 Å². The molecule has 17 heavy (non-hydrogen) atoms. The third-order valence-electron chi connectivity index (χ3n) is 2.19. The molecule has 0 amide bonds. The second kappa shape index (κ2) is 6.46. The normalized spacial score (nSPS) is 10.6. The molecule has 4 heteroatoms. The van der Waals surface area contributed by atoms with Gasteiger partial charge in [-0.1, -0.05) is 18.2 Å². The van der Waals surface area contributed by atoms with Crippen molar-refractivity contribution < 1.29 is 9.90 Å². The Balaban J connectivity index is 2.53. The summed E-state index contributed by atoms with van der Waals surface area (Å²) in [6.07, 6.45) is 2.72. The number of nitrogens with zero attached hydrogens (tertiary/aromatic N) is 2. The summed E-state index contributed by atoms with van der Waals surface area (Å²) in [4.78, 5) is 12.2. The van der Waals surface area contributed by atoms with E-state index in [0.717, 1.165) is 11.6 Å². The summed E-state index contributed by atoms with van der Waals surface area (Å²) in [7, 11) is 1.89. The van der Waals surface area contributed by atoms with Crippen LogP contribution in [0.15, 0.2) is 36.4 Å². The van der Waals surface area contributed by atoms with Crippen LogP contribution in [-0.2, 0) is 11.3 Å². The molecule has 0 spiro atoms. The Hall–Kier alpha value is -2.12. The Bertz CT molecular complexity index is 461. The van der Waals surface area contributed by atoms with Gasteiger partial charge in [-0.05, 0) is 24.7 Å². The molecule has 0 radical (unpaired) electrons. The van der Waals surface area contributed by atoms with Gasteiger partial charge in [0.05, 0.1) is 11.6 Å². The summed E-state index contributed by atoms with van der Waals surface area (Å²) < 4.78 is 0. The maximum Gasteiger partial charge on any atom is 0.328 e. The monoisotopic (exact) mass is 230 g/mol. The van der Waals surface area contributed by atoms with Crippen LogP contribution in [-0.4, -0.2) is 29.6 Å². The van der Waals surface area contributed by atoms with Crippen LogP contribution in [0.2, 0.25) is 0 Å². The number of nitriles is 1. The van der Waals surface area contributed by atoms with E-state index in [-0.39, 0.29) is 0 Å². The van der Waals surface area contributed by atoms with Gasteiger partial charge in [-0.15, -0.1) is 0 Å². The van der Waals surface area contributed by atoms with Gasteiger partial charge < -0.3 is 5.11 Å². The minimum Gasteiger partial charge on any atom is -0.478 e. The second-order valence-electron chi connectivity index (χ2n) is 3.75. The molecule has 0 atom stereocenters. The molecule has 0 aromatic heterocycles. The van der Waals surface area contributed by atoms with Crippen molar-refractivity contribution in [2.24, 2.45) is 0 Å². The van der Waals surface area contributed by atoms with Crippen LogP contribution in [0.25, 0.3) is 0 Å². The first-order valence-corrected chi connectivity index (χ1v) is 5.19. The van der Waals surface area contributed by atoms with Crippen molar-refractivity contribution in [1.29, 1.82) is 5.26 Å². The zero-order chi connectivity index (χ0) is 12.7. The van der Waals surface area contributed by atoms with Crippen LogP contribution in [0, 0.1) is 11.3 Å². The van der Waals surface area contributed by atoms with Gasteiger partial charge in [0.1, 0.15) is 0 Å². The molecule has 1 N–H and O–H groups in total. The lowest BCUT2D eigenvalue weighted by molar-refractivity contribution is -0.131. The van der Waals surface area contributed by atoms with Crippen LogP contribution >= 0.6 is 0 Å². The molecule has 0 saturated carbocycles. The fourth-order valence-electron chi connectivity index (χ4n) is 1.45. The van der Waals surface area contributed by atoms with E-state index in [4.69, 9.17) is 10.4 Å². The molecule has 4 nitrogen and oxygen atoms in total. The van der Waals surface area contributed by atoms with Crippen LogP contribution in [0.5, 0.6) is 0 Å². The third kappa shape index (κ3) is 4.96. The Morgan fingerprint density at radius 3 is 3.00 bits per heavy atom. The standard InChI is InChI=1S/C13H14N2O2/c1-15(7-3-6-13(16)17)10-12-5-2-4-11(8-12)9-14/h2-6,8H,7,10H2,1H3,(H,16,17). The molecule has 1 aromatic carbocycles. The van der Waals surface area contributed by atoms with Crippen molar-refractivity contribution >= 4 is 5.97 Å². The lowest BCUT2D eigenvalue weighted by atomic mass is 10.1. The summed E-state index contributed by atoms with van der Waals surface area (Å²) in [5.74, 6) is -0.940. The average Bonchev–Trinajstić information content (AvgIpc) is 2.28. The van der Waals surface area contributed by atoms with Crippen molar-refractivity contribution in [2.75, 3.05) is 13.6 Å². The first-order chi connectivity index (χ1) is 8.11. The second-order valence-corrected chi connectivity index (χ2v) is 3.75. The Kier molecular flexibility index (Phi) is 4.92. The summed E-state index contributed by atoms with van der Waals surface area (Å²) in [5.41, 5.74) is 1.67. The molecule has 1 rings (SSSR count). The minimum atomic E-state index is -0.940. The van der Waals surface area contributed by atoms with Crippen LogP contribution in [0.1, 0.15) is 11.1 Å². The lowest BCUT2D eigenvalue weighted by Crippen LogP contribution is -2.17. The van der Waals surface area contributed by atoms with Gasteiger partial charge in [0.15, 0.2) is 0 Å². The number of aliphatic carboxylic acids is 1. The van der Waals surface area contributed by atoms with Gasteiger partial charge in [-0.25, -0.2) is 4.79 Å². The fourth-order valence-corrected chi connectivity index (χ4v) is 1.45. The van der Waals surface area contributed by atoms with Crippen molar-refractivity contribution in [3.8, 4) is 6.07 Å². The van der Waals surface area contributed by atoms with E-state index in [9.17, 15) is 4.79 Å². The molecule has 0 aliphatic rings. The molecule has 88 valence electrons. The predicted octanol–water partition coefficient (Wildman–Crippen LogP) is 1.63. The molecule has 0 aliphatic carbocycles. The highest BCUT2D eigenvalue weighted by molar-refractivity contribution is 5.79. The molecular formula is C13H14N2O2. The molecule has 0 unspecified atom stereocenters. The lowest BCUT2D eigenvalue weighted by Gasteiger charge is -2.14. The quantitative estimate of drug-likeness (QED) is 0.781. The number of rotatable bonds is 5. The molecule has 0 heterocycles. The summed E-state index contributed by atoms with van der Waals surface area (Å²) in [5, 5.41) is 17.2. The smallest absolute Gasteiger partial charge is 0.328 e. The van der Waals surface area contributed by atoms with Crippen LogP contribution < -0.4 is 0 Å². The fraction of sp³-hybridized carbons (Fsp3) is 0.231. The molecule has 0 saturated heterocycles. The van der Waals surface area contributed by atoms with E-state index < -0.39 is 5.97 Å². The topological polar surface area (TPSA) is 64.3 Å². The van der Waals surface area contributed by atoms with E-state index in [1.54, 1.807) is 12.1 Å². The van der Waals surface area contributed by atoms with Gasteiger partial charge in [0, 0.05) is 19.2 Å². The van der Waals surface area contributed by atoms with E-state index in [0.29, 0.717) is 18.7 Å². The molecular weight excluding hydrogens is 216 g/mol. The van der Waals surface area contributed by atoms with E-state index in [1.807, 2.05) is 30.1 Å². The SMILES string of the molecule is CN(CC=CC(=O)O)Cc1cccc(C#N)c1. The zero-order valence-corrected chi connectivity index (χ0v) is 9.63. The van der Waals surface area contributed by atoms with E-state index in [2.05, 4.69) is 6.07 Å². The first-order valence-electron chi connectivity index (χ1n) is 5.19. The zero-order valence-electron chi connectivity index (χ0n) is 9.63. The molecule has 1 aromatic rings. The molecule has 0 fully saturated rings. The minimum absolute atomic E-state index is 0.559. The van der Waals surface area contributed by atoms with E-state index in [1.165, 1.54) is 0 Å². The summed E-state index contributed by atoms with van der Waals surface area (Å²) in [6, 6.07) is 9.46. The highest BCUT2D eigenvalue weighted by Crippen LogP contribution is 2.06. The number of carboxylic acid groups (broad SMARTS) is 1. The van der Waals surface area contributed by atoms with Gasteiger partial charge in [-0.2, -0.15) is 5.26 Å². The highest BCUT2D eigenvalue weighted by Gasteiger charge is 1.99. The maximum absolute atomic E-state index is 10.3. The van der Waals surface area contributed by atoms with Crippen molar-refractivity contribution in [3.05, 3.63) is 47.5 Å². The predicted molar refractivity (Wildman–Crippen MR) is 64.3 cm³/mol. The largest absolute Gasteiger partial charge is 0.478 e. The van der Waals surface area contributed by atoms with Gasteiger partial charge in [0.2, 0.25) is 0 Å². The van der Waals surface area contributed by atoms with Crippen LogP contribution in [0.4, 0.5) is 0 Å². The van der Waals surface area contributed by atoms with Crippen molar-refractivity contribution in [2.45, 2.75) is 6.54 Å². The molecule has 0 bridgehead atoms. The first kappa shape index (κ1) is 12.9. The number of likely N-dealkylation sites (N-methyl/N-ethyl adjacent to an activating group) is 1. The van der Waals surface area contributed by atoms with Gasteiger partial charge >= 0.3 is 5.97 Å². The van der Waals surface area contributed by atoms with E-state index >= 15 is 0 Å². The van der Waals surface area contributed by atoms with Gasteiger partial charge in [0.25, 0.3) is 0 Å². The summed E-state index contributed by atoms with van der Waals surface area (Å²) in [6.45, 7) is 1.24. The van der Waals surface area contributed by atoms with Crippen molar-refractivity contribution in [1.82, 2.24) is 4.90 Å². The number of carboxylic acids is 1.